The van der Waals surface area contributed by atoms with Crippen molar-refractivity contribution in [3.05, 3.63) is 62.7 Å². The van der Waals surface area contributed by atoms with E-state index in [9.17, 15) is 24.8 Å². The molecule has 2 aromatic carbocycles. The summed E-state index contributed by atoms with van der Waals surface area (Å²) < 4.78 is 5.58. The summed E-state index contributed by atoms with van der Waals surface area (Å²) in [6.45, 7) is 0. The van der Waals surface area contributed by atoms with E-state index in [4.69, 9.17) is 10.5 Å². The molecule has 8 nitrogen and oxygen atoms in total. The Kier molecular flexibility index (Phi) is 4.10. The molecule has 3 N–H and O–H groups in total. The van der Waals surface area contributed by atoms with Crippen molar-refractivity contribution in [1.82, 2.24) is 0 Å². The number of benzene rings is 2. The summed E-state index contributed by atoms with van der Waals surface area (Å²) in [6, 6.07) is 7.13. The number of hydrogen-bond acceptors (Lipinski definition) is 5. The zero-order valence-corrected chi connectivity index (χ0v) is 13.0. The molecular formula is C17H14N2O6. The van der Waals surface area contributed by atoms with Crippen LogP contribution < -0.4 is 10.5 Å². The van der Waals surface area contributed by atoms with Gasteiger partial charge in [-0.25, -0.2) is 4.79 Å². The van der Waals surface area contributed by atoms with Crippen LogP contribution in [0.3, 0.4) is 0 Å². The van der Waals surface area contributed by atoms with Crippen molar-refractivity contribution in [2.75, 3.05) is 0 Å². The lowest BCUT2D eigenvalue weighted by Crippen LogP contribution is -2.17. The van der Waals surface area contributed by atoms with E-state index in [1.807, 2.05) is 6.07 Å². The highest BCUT2D eigenvalue weighted by molar-refractivity contribution is 6.06. The summed E-state index contributed by atoms with van der Waals surface area (Å²) in [4.78, 5) is 33.4. The number of nitrogens with two attached hydrogens (primary N) is 1. The number of carbonyl (C=O) groups is 2. The number of rotatable bonds is 5. The topological polar surface area (TPSA) is 133 Å². The molecule has 0 saturated heterocycles. The van der Waals surface area contributed by atoms with E-state index in [1.54, 1.807) is 12.1 Å². The first-order chi connectivity index (χ1) is 11.9. The van der Waals surface area contributed by atoms with Crippen LogP contribution in [0.5, 0.6) is 11.5 Å². The Morgan fingerprint density at radius 2 is 1.88 bits per heavy atom. The summed E-state index contributed by atoms with van der Waals surface area (Å²) >= 11 is 0. The van der Waals surface area contributed by atoms with Crippen molar-refractivity contribution in [3.8, 4) is 11.5 Å². The maximum absolute atomic E-state index is 11.5. The fourth-order valence-electron chi connectivity index (χ4n) is 2.94. The van der Waals surface area contributed by atoms with E-state index in [-0.39, 0.29) is 5.75 Å². The van der Waals surface area contributed by atoms with Gasteiger partial charge in [0.25, 0.3) is 5.69 Å². The van der Waals surface area contributed by atoms with Crippen molar-refractivity contribution in [3.63, 3.8) is 0 Å². The van der Waals surface area contributed by atoms with Gasteiger partial charge in [0.1, 0.15) is 17.1 Å². The lowest BCUT2D eigenvalue weighted by Gasteiger charge is -2.12. The third-order valence-electron chi connectivity index (χ3n) is 4.07. The van der Waals surface area contributed by atoms with Crippen LogP contribution in [-0.2, 0) is 12.8 Å². The van der Waals surface area contributed by atoms with Crippen molar-refractivity contribution >= 4 is 17.6 Å². The molecular weight excluding hydrogens is 328 g/mol. The fraction of sp³-hybridized carbons (Fsp3) is 0.176. The lowest BCUT2D eigenvalue weighted by molar-refractivity contribution is -0.384. The second kappa shape index (κ2) is 6.23. The van der Waals surface area contributed by atoms with E-state index >= 15 is 0 Å². The minimum atomic E-state index is -1.46. The van der Waals surface area contributed by atoms with Gasteiger partial charge in [-0.1, -0.05) is 6.07 Å². The molecule has 0 bridgehead atoms. The Morgan fingerprint density at radius 3 is 2.52 bits per heavy atom. The monoisotopic (exact) mass is 342 g/mol. The van der Waals surface area contributed by atoms with Gasteiger partial charge in [-0.15, -0.1) is 0 Å². The number of nitro groups is 1. The van der Waals surface area contributed by atoms with Crippen molar-refractivity contribution in [2.45, 2.75) is 19.3 Å². The molecule has 25 heavy (non-hydrogen) atoms. The normalized spacial score (nSPS) is 12.5. The van der Waals surface area contributed by atoms with E-state index in [2.05, 4.69) is 0 Å². The molecule has 0 spiro atoms. The summed E-state index contributed by atoms with van der Waals surface area (Å²) in [5.74, 6) is -2.49. The number of primary amides is 1. The SMILES string of the molecule is NC(=O)c1cc([N+](=O)[O-])cc(Oc2ccc3c(c2)CCC3)c1C(=O)O. The van der Waals surface area contributed by atoms with E-state index < -0.39 is 33.6 Å². The lowest BCUT2D eigenvalue weighted by atomic mass is 10.0. The molecule has 2 aromatic rings. The number of carbonyl (C=O) groups excluding carboxylic acids is 1. The predicted molar refractivity (Wildman–Crippen MR) is 87.1 cm³/mol. The summed E-state index contributed by atoms with van der Waals surface area (Å²) in [7, 11) is 0. The standard InChI is InChI=1S/C17H14N2O6/c18-16(20)13-7-11(19(23)24)8-14(15(13)17(21)22)25-12-5-4-9-2-1-3-10(9)6-12/h4-8H,1-3H2,(H2,18,20)(H,21,22). The zero-order valence-electron chi connectivity index (χ0n) is 13.0. The van der Waals surface area contributed by atoms with Gasteiger partial charge in [0.2, 0.25) is 5.91 Å². The molecule has 0 saturated carbocycles. The van der Waals surface area contributed by atoms with Gasteiger partial charge in [0.05, 0.1) is 16.6 Å². The minimum Gasteiger partial charge on any atom is -0.478 e. The van der Waals surface area contributed by atoms with Crippen LogP contribution in [0.15, 0.2) is 30.3 Å². The number of carboxylic acid groups (broad SMARTS) is 1. The Labute approximate surface area is 142 Å². The number of nitrogens with zero attached hydrogens (tertiary/aromatic N) is 1. The Balaban J connectivity index is 2.11. The molecule has 1 aliphatic carbocycles. The number of nitro benzene ring substituents is 1. The molecule has 3 rings (SSSR count). The van der Waals surface area contributed by atoms with Crippen LogP contribution in [0.1, 0.15) is 38.3 Å². The summed E-state index contributed by atoms with van der Waals surface area (Å²) in [5.41, 5.74) is 6.01. The molecule has 0 fully saturated rings. The van der Waals surface area contributed by atoms with Crippen LogP contribution in [0.4, 0.5) is 5.69 Å². The average molecular weight is 342 g/mol. The first-order valence-electron chi connectivity index (χ1n) is 7.52. The number of aryl methyl sites for hydroxylation is 2. The average Bonchev–Trinajstić information content (AvgIpc) is 3.01. The van der Waals surface area contributed by atoms with Gasteiger partial charge in [-0.3, -0.25) is 14.9 Å². The highest BCUT2D eigenvalue weighted by atomic mass is 16.6. The predicted octanol–water partition coefficient (Wildman–Crippen LogP) is 2.67. The highest BCUT2D eigenvalue weighted by Gasteiger charge is 2.26. The second-order valence-electron chi connectivity index (χ2n) is 5.68. The third-order valence-corrected chi connectivity index (χ3v) is 4.07. The minimum absolute atomic E-state index is 0.298. The Morgan fingerprint density at radius 1 is 1.16 bits per heavy atom. The van der Waals surface area contributed by atoms with Crippen LogP contribution in [-0.4, -0.2) is 21.9 Å². The van der Waals surface area contributed by atoms with Crippen molar-refractivity contribution in [1.29, 1.82) is 0 Å². The zero-order chi connectivity index (χ0) is 18.1. The molecule has 1 amide bonds. The molecule has 1 aliphatic rings. The van der Waals surface area contributed by atoms with E-state index in [1.165, 1.54) is 5.56 Å². The third kappa shape index (κ3) is 3.14. The molecule has 0 atom stereocenters. The number of aromatic carboxylic acids is 1. The Bertz CT molecular complexity index is 906. The second-order valence-corrected chi connectivity index (χ2v) is 5.68. The summed E-state index contributed by atoms with van der Waals surface area (Å²) in [6.07, 6.45) is 2.89. The van der Waals surface area contributed by atoms with Crippen LogP contribution in [0, 0.1) is 10.1 Å². The number of ether oxygens (including phenoxy) is 1. The van der Waals surface area contributed by atoms with Crippen LogP contribution >= 0.6 is 0 Å². The van der Waals surface area contributed by atoms with Gasteiger partial charge in [-0.2, -0.15) is 0 Å². The van der Waals surface area contributed by atoms with Gasteiger partial charge >= 0.3 is 5.97 Å². The first-order valence-corrected chi connectivity index (χ1v) is 7.52. The van der Waals surface area contributed by atoms with Crippen molar-refractivity contribution in [2.24, 2.45) is 5.73 Å². The van der Waals surface area contributed by atoms with Gasteiger partial charge in [0, 0.05) is 6.07 Å². The van der Waals surface area contributed by atoms with E-state index in [0.29, 0.717) is 5.75 Å². The number of fused-ring (bicyclic) bond motifs is 1. The number of amides is 1. The number of non-ortho nitro benzene ring substituents is 1. The Hall–Kier alpha value is -3.42. The first kappa shape index (κ1) is 16.4. The largest absolute Gasteiger partial charge is 0.478 e. The molecule has 0 unspecified atom stereocenters. The maximum Gasteiger partial charge on any atom is 0.340 e. The number of carboxylic acids is 1. The van der Waals surface area contributed by atoms with E-state index in [0.717, 1.165) is 37.0 Å². The molecule has 0 aliphatic heterocycles. The molecule has 8 heteroatoms. The van der Waals surface area contributed by atoms with Gasteiger partial charge < -0.3 is 15.6 Å². The highest BCUT2D eigenvalue weighted by Crippen LogP contribution is 2.34. The molecule has 0 heterocycles. The van der Waals surface area contributed by atoms with Crippen LogP contribution in [0.25, 0.3) is 0 Å². The maximum atomic E-state index is 11.5. The van der Waals surface area contributed by atoms with Gasteiger partial charge in [0.15, 0.2) is 0 Å². The fourth-order valence-corrected chi connectivity index (χ4v) is 2.94. The molecule has 0 aromatic heterocycles. The van der Waals surface area contributed by atoms with Crippen molar-refractivity contribution < 1.29 is 24.4 Å². The molecule has 128 valence electrons. The van der Waals surface area contributed by atoms with Crippen LogP contribution in [0.2, 0.25) is 0 Å². The summed E-state index contributed by atoms with van der Waals surface area (Å²) in [5, 5.41) is 20.5. The van der Waals surface area contributed by atoms with Gasteiger partial charge in [-0.05, 0) is 42.5 Å². The molecule has 0 radical (unpaired) electrons. The smallest absolute Gasteiger partial charge is 0.340 e. The quantitative estimate of drug-likeness (QED) is 0.634. The number of hydrogen-bond donors (Lipinski definition) is 2.